The zero-order chi connectivity index (χ0) is 21.3. The fraction of sp³-hybridized carbons (Fsp3) is 0.364. The average molecular weight is 410 g/mol. The van der Waals surface area contributed by atoms with E-state index in [1.165, 1.54) is 0 Å². The zero-order valence-electron chi connectivity index (χ0n) is 17.0. The van der Waals surface area contributed by atoms with Crippen LogP contribution in [0.5, 0.6) is 5.75 Å². The lowest BCUT2D eigenvalue weighted by Gasteiger charge is -2.32. The second-order valence-electron chi connectivity index (χ2n) is 7.07. The molecule has 1 aliphatic rings. The quantitative estimate of drug-likeness (QED) is 0.710. The van der Waals surface area contributed by atoms with E-state index >= 15 is 0 Å². The summed E-state index contributed by atoms with van der Waals surface area (Å²) in [5.74, 6) is -0.707. The summed E-state index contributed by atoms with van der Waals surface area (Å²) in [7, 11) is 0. The number of rotatable bonds is 6. The first-order chi connectivity index (χ1) is 14.6. The van der Waals surface area contributed by atoms with Gasteiger partial charge < -0.3 is 20.3 Å². The second kappa shape index (κ2) is 10.4. The smallest absolute Gasteiger partial charge is 0.313 e. The van der Waals surface area contributed by atoms with Crippen molar-refractivity contribution in [1.82, 2.24) is 15.2 Å². The minimum Gasteiger partial charge on any atom is -0.492 e. The van der Waals surface area contributed by atoms with Gasteiger partial charge in [-0.15, -0.1) is 0 Å². The third-order valence-corrected chi connectivity index (χ3v) is 5.00. The molecule has 30 heavy (non-hydrogen) atoms. The number of carbonyl (C=O) groups is 3. The van der Waals surface area contributed by atoms with Crippen LogP contribution in [0.15, 0.2) is 48.8 Å². The number of para-hydroxylation sites is 2. The number of anilines is 1. The van der Waals surface area contributed by atoms with Crippen LogP contribution in [0.4, 0.5) is 5.69 Å². The van der Waals surface area contributed by atoms with Gasteiger partial charge in [-0.1, -0.05) is 12.1 Å². The SMILES string of the molecule is CCOc1ccccc1NC(=O)C(=O)NCC1CCN(C(=O)c2cccnc2)CC1. The number of nitrogens with one attached hydrogen (secondary N) is 2. The maximum atomic E-state index is 12.5. The van der Waals surface area contributed by atoms with Crippen molar-refractivity contribution in [3.05, 3.63) is 54.4 Å². The summed E-state index contributed by atoms with van der Waals surface area (Å²) in [4.78, 5) is 42.6. The van der Waals surface area contributed by atoms with Crippen LogP contribution in [0, 0.1) is 5.92 Å². The highest BCUT2D eigenvalue weighted by Gasteiger charge is 2.25. The van der Waals surface area contributed by atoms with Crippen LogP contribution in [0.1, 0.15) is 30.1 Å². The maximum absolute atomic E-state index is 12.5. The molecule has 0 unspecified atom stereocenters. The molecule has 0 bridgehead atoms. The van der Waals surface area contributed by atoms with Gasteiger partial charge in [-0.05, 0) is 49.9 Å². The second-order valence-corrected chi connectivity index (χ2v) is 7.07. The Morgan fingerprint density at radius 2 is 1.87 bits per heavy atom. The van der Waals surface area contributed by atoms with Crippen LogP contribution in [0.3, 0.4) is 0 Å². The number of pyridine rings is 1. The highest BCUT2D eigenvalue weighted by Crippen LogP contribution is 2.23. The number of hydrogen-bond donors (Lipinski definition) is 2. The predicted octanol–water partition coefficient (Wildman–Crippen LogP) is 2.09. The summed E-state index contributed by atoms with van der Waals surface area (Å²) >= 11 is 0. The number of likely N-dealkylation sites (tertiary alicyclic amines) is 1. The Morgan fingerprint density at radius 1 is 1.10 bits per heavy atom. The van der Waals surface area contributed by atoms with Crippen molar-refractivity contribution in [2.75, 3.05) is 31.6 Å². The van der Waals surface area contributed by atoms with Crippen LogP contribution in [-0.4, -0.2) is 53.8 Å². The number of benzene rings is 1. The molecule has 1 aromatic carbocycles. The van der Waals surface area contributed by atoms with Gasteiger partial charge >= 0.3 is 11.8 Å². The van der Waals surface area contributed by atoms with E-state index < -0.39 is 11.8 Å². The molecule has 8 heteroatoms. The van der Waals surface area contributed by atoms with Gasteiger partial charge in [0.15, 0.2) is 0 Å². The summed E-state index contributed by atoms with van der Waals surface area (Å²) in [6.45, 7) is 3.93. The van der Waals surface area contributed by atoms with Gasteiger partial charge in [0, 0.05) is 32.0 Å². The van der Waals surface area contributed by atoms with E-state index in [0.717, 1.165) is 12.8 Å². The van der Waals surface area contributed by atoms with Crippen LogP contribution in [-0.2, 0) is 9.59 Å². The van der Waals surface area contributed by atoms with Crippen molar-refractivity contribution >= 4 is 23.4 Å². The Bertz CT molecular complexity index is 880. The van der Waals surface area contributed by atoms with Gasteiger partial charge in [-0.25, -0.2) is 0 Å². The third kappa shape index (κ3) is 5.56. The molecular formula is C22H26N4O4. The number of aromatic nitrogens is 1. The Labute approximate surface area is 175 Å². The van der Waals surface area contributed by atoms with Crippen molar-refractivity contribution < 1.29 is 19.1 Å². The molecule has 0 aliphatic carbocycles. The zero-order valence-corrected chi connectivity index (χ0v) is 17.0. The molecule has 8 nitrogen and oxygen atoms in total. The summed E-state index contributed by atoms with van der Waals surface area (Å²) in [5.41, 5.74) is 1.04. The summed E-state index contributed by atoms with van der Waals surface area (Å²) in [6.07, 6.45) is 4.73. The molecule has 0 atom stereocenters. The molecule has 2 heterocycles. The largest absolute Gasteiger partial charge is 0.492 e. The topological polar surface area (TPSA) is 101 Å². The minimum atomic E-state index is -0.730. The van der Waals surface area contributed by atoms with E-state index in [9.17, 15) is 14.4 Å². The van der Waals surface area contributed by atoms with Gasteiger partial charge in [0.1, 0.15) is 5.75 Å². The number of ether oxygens (including phenoxy) is 1. The molecule has 0 saturated carbocycles. The lowest BCUT2D eigenvalue weighted by atomic mass is 9.96. The van der Waals surface area contributed by atoms with E-state index in [1.807, 2.05) is 6.92 Å². The molecule has 3 rings (SSSR count). The Balaban J connectivity index is 1.43. The van der Waals surface area contributed by atoms with E-state index in [2.05, 4.69) is 15.6 Å². The normalized spacial score (nSPS) is 14.1. The summed E-state index contributed by atoms with van der Waals surface area (Å²) < 4.78 is 5.45. The van der Waals surface area contributed by atoms with Crippen molar-refractivity contribution in [2.45, 2.75) is 19.8 Å². The lowest BCUT2D eigenvalue weighted by Crippen LogP contribution is -2.43. The Kier molecular flexibility index (Phi) is 7.37. The molecular weight excluding hydrogens is 384 g/mol. The standard InChI is InChI=1S/C22H26N4O4/c1-2-30-19-8-4-3-7-18(19)25-21(28)20(27)24-14-16-9-12-26(13-10-16)22(29)17-6-5-11-23-15-17/h3-8,11,15-16H,2,9-10,12-14H2,1H3,(H,24,27)(H,25,28). The molecule has 1 fully saturated rings. The molecule has 1 saturated heterocycles. The van der Waals surface area contributed by atoms with Gasteiger partial charge in [-0.3, -0.25) is 19.4 Å². The van der Waals surface area contributed by atoms with Crippen molar-refractivity contribution in [3.63, 3.8) is 0 Å². The first-order valence-electron chi connectivity index (χ1n) is 10.1. The molecule has 158 valence electrons. The van der Waals surface area contributed by atoms with Gasteiger partial charge in [-0.2, -0.15) is 0 Å². The van der Waals surface area contributed by atoms with Gasteiger partial charge in [0.2, 0.25) is 0 Å². The summed E-state index contributed by atoms with van der Waals surface area (Å²) in [6, 6.07) is 10.5. The fourth-order valence-electron chi connectivity index (χ4n) is 3.36. The first kappa shape index (κ1) is 21.3. The van der Waals surface area contributed by atoms with E-state index in [1.54, 1.807) is 53.7 Å². The Hall–Kier alpha value is -3.42. The summed E-state index contributed by atoms with van der Waals surface area (Å²) in [5, 5.41) is 5.28. The van der Waals surface area contributed by atoms with Crippen LogP contribution >= 0.6 is 0 Å². The molecule has 2 aromatic rings. The van der Waals surface area contributed by atoms with E-state index in [4.69, 9.17) is 4.74 Å². The first-order valence-corrected chi connectivity index (χ1v) is 10.1. The van der Waals surface area contributed by atoms with Crippen LogP contribution < -0.4 is 15.4 Å². The van der Waals surface area contributed by atoms with E-state index in [-0.39, 0.29) is 11.8 Å². The highest BCUT2D eigenvalue weighted by atomic mass is 16.5. The number of hydrogen-bond acceptors (Lipinski definition) is 5. The number of piperidine rings is 1. The Morgan fingerprint density at radius 3 is 2.57 bits per heavy atom. The molecule has 0 radical (unpaired) electrons. The van der Waals surface area contributed by atoms with Gasteiger partial charge in [0.25, 0.3) is 5.91 Å². The fourth-order valence-corrected chi connectivity index (χ4v) is 3.36. The molecule has 0 spiro atoms. The third-order valence-electron chi connectivity index (χ3n) is 5.00. The molecule has 1 aliphatic heterocycles. The molecule has 3 amide bonds. The lowest BCUT2D eigenvalue weighted by molar-refractivity contribution is -0.136. The average Bonchev–Trinajstić information content (AvgIpc) is 2.79. The molecule has 1 aromatic heterocycles. The van der Waals surface area contributed by atoms with Crippen LogP contribution in [0.2, 0.25) is 0 Å². The van der Waals surface area contributed by atoms with Gasteiger partial charge in [0.05, 0.1) is 17.9 Å². The van der Waals surface area contributed by atoms with Crippen molar-refractivity contribution in [2.24, 2.45) is 5.92 Å². The van der Waals surface area contributed by atoms with Crippen molar-refractivity contribution in [1.29, 1.82) is 0 Å². The van der Waals surface area contributed by atoms with Crippen LogP contribution in [0.25, 0.3) is 0 Å². The number of amides is 3. The minimum absolute atomic E-state index is 0.0297. The number of nitrogens with zero attached hydrogens (tertiary/aromatic N) is 2. The maximum Gasteiger partial charge on any atom is 0.313 e. The monoisotopic (exact) mass is 410 g/mol. The van der Waals surface area contributed by atoms with E-state index in [0.29, 0.717) is 43.2 Å². The highest BCUT2D eigenvalue weighted by molar-refractivity contribution is 6.39. The molecule has 2 N–H and O–H groups in total. The number of carbonyl (C=O) groups excluding carboxylic acids is 3. The predicted molar refractivity (Wildman–Crippen MR) is 112 cm³/mol. The van der Waals surface area contributed by atoms with Crippen molar-refractivity contribution in [3.8, 4) is 5.75 Å².